The lowest BCUT2D eigenvalue weighted by molar-refractivity contribution is -0.131. The molecule has 0 spiro atoms. The van der Waals surface area contributed by atoms with Crippen LogP contribution in [-0.4, -0.2) is 17.4 Å². The first kappa shape index (κ1) is 8.97. The molecular formula is C6H6O3S. The molecule has 0 atom stereocenters. The highest BCUT2D eigenvalue weighted by Gasteiger charge is 2.05. The van der Waals surface area contributed by atoms with Gasteiger partial charge in [-0.1, -0.05) is 24.9 Å². The van der Waals surface area contributed by atoms with Crippen molar-refractivity contribution in [2.45, 2.75) is 0 Å². The zero-order valence-corrected chi connectivity index (χ0v) is 5.98. The van der Waals surface area contributed by atoms with Crippen LogP contribution in [0, 0.1) is 0 Å². The van der Waals surface area contributed by atoms with Crippen molar-refractivity contribution in [3.8, 4) is 0 Å². The fourth-order valence-corrected chi connectivity index (χ4v) is 0.678. The molecule has 0 saturated carbocycles. The van der Waals surface area contributed by atoms with E-state index in [1.165, 1.54) is 0 Å². The molecule has 0 aromatic rings. The molecule has 0 heterocycles. The largest absolute Gasteiger partial charge is 0.477 e. The Labute approximate surface area is 62.4 Å². The van der Waals surface area contributed by atoms with Gasteiger partial charge in [0.05, 0.1) is 4.91 Å². The Balaban J connectivity index is 3.92. The second kappa shape index (κ2) is 3.90. The molecule has 0 bridgehead atoms. The first-order valence-corrected chi connectivity index (χ1v) is 3.13. The average molecular weight is 158 g/mol. The van der Waals surface area contributed by atoms with Gasteiger partial charge in [-0.15, -0.1) is 0 Å². The third kappa shape index (κ3) is 3.09. The molecular weight excluding hydrogens is 152 g/mol. The number of carboxylic acid groups (broad SMARTS) is 1. The van der Waals surface area contributed by atoms with Crippen molar-refractivity contribution in [2.75, 3.05) is 0 Å². The highest BCUT2D eigenvalue weighted by Crippen LogP contribution is 2.19. The fourth-order valence-electron chi connectivity index (χ4n) is 0.226. The Bertz CT molecular complexity index is 195. The van der Waals surface area contributed by atoms with Gasteiger partial charge in [0.25, 0.3) is 0 Å². The van der Waals surface area contributed by atoms with Crippen LogP contribution in [0.3, 0.4) is 0 Å². The number of hydrogen-bond donors (Lipinski definition) is 1. The lowest BCUT2D eigenvalue weighted by Gasteiger charge is -1.94. The molecule has 0 rings (SSSR count). The molecule has 0 radical (unpaired) electrons. The molecule has 4 heteroatoms. The first-order valence-electron chi connectivity index (χ1n) is 2.32. The van der Waals surface area contributed by atoms with Crippen molar-refractivity contribution in [3.63, 3.8) is 0 Å². The number of thioether (sulfide) groups is 1. The van der Waals surface area contributed by atoms with Crippen LogP contribution in [0.15, 0.2) is 23.0 Å². The monoisotopic (exact) mass is 158 g/mol. The average Bonchev–Trinajstić information content (AvgIpc) is 1.87. The summed E-state index contributed by atoms with van der Waals surface area (Å²) < 4.78 is 0. The fraction of sp³-hybridized carbons (Fsp3) is 0. The van der Waals surface area contributed by atoms with Crippen molar-refractivity contribution in [2.24, 2.45) is 0 Å². The summed E-state index contributed by atoms with van der Waals surface area (Å²) in [5.74, 6) is -1.13. The van der Waals surface area contributed by atoms with Crippen molar-refractivity contribution in [3.05, 3.63) is 23.0 Å². The van der Waals surface area contributed by atoms with Crippen LogP contribution in [0.2, 0.25) is 0 Å². The smallest absolute Gasteiger partial charge is 0.341 e. The van der Waals surface area contributed by atoms with Crippen LogP contribution in [0.5, 0.6) is 0 Å². The molecule has 54 valence electrons. The van der Waals surface area contributed by atoms with Crippen LogP contribution in [0.1, 0.15) is 0 Å². The zero-order chi connectivity index (χ0) is 8.15. The van der Waals surface area contributed by atoms with Crippen LogP contribution in [0.25, 0.3) is 0 Å². The molecule has 0 aliphatic heterocycles. The summed E-state index contributed by atoms with van der Waals surface area (Å²) in [6, 6.07) is 0. The van der Waals surface area contributed by atoms with Gasteiger partial charge in [-0.2, -0.15) is 0 Å². The van der Waals surface area contributed by atoms with Gasteiger partial charge in [-0.25, -0.2) is 4.79 Å². The van der Waals surface area contributed by atoms with Crippen LogP contribution < -0.4 is 0 Å². The molecule has 10 heavy (non-hydrogen) atoms. The molecule has 0 aliphatic carbocycles. The topological polar surface area (TPSA) is 54.4 Å². The standard InChI is InChI=1S/C6H6O3S/c1-4(3-7)10-5(2)6(8)9/h3H,1-2H2,(H,8,9). The SMILES string of the molecule is C=C(C=O)SC(=C)C(=O)O. The maximum Gasteiger partial charge on any atom is 0.341 e. The third-order valence-corrected chi connectivity index (χ3v) is 1.40. The van der Waals surface area contributed by atoms with E-state index in [4.69, 9.17) is 5.11 Å². The number of allylic oxidation sites excluding steroid dienone is 1. The molecule has 0 fully saturated rings. The highest BCUT2D eigenvalue weighted by molar-refractivity contribution is 8.08. The maximum absolute atomic E-state index is 10.1. The van der Waals surface area contributed by atoms with E-state index < -0.39 is 5.97 Å². The minimum absolute atomic E-state index is 0.0999. The van der Waals surface area contributed by atoms with Crippen LogP contribution in [0.4, 0.5) is 0 Å². The second-order valence-electron chi connectivity index (χ2n) is 1.41. The molecule has 1 N–H and O–H groups in total. The predicted molar refractivity (Wildman–Crippen MR) is 39.6 cm³/mol. The second-order valence-corrected chi connectivity index (χ2v) is 2.64. The third-order valence-electron chi connectivity index (χ3n) is 0.624. The van der Waals surface area contributed by atoms with E-state index in [1.807, 2.05) is 0 Å². The Morgan fingerprint density at radius 2 is 2.00 bits per heavy atom. The quantitative estimate of drug-likeness (QED) is 0.490. The Morgan fingerprint density at radius 3 is 2.30 bits per heavy atom. The number of aldehydes is 1. The number of rotatable bonds is 4. The number of carbonyl (C=O) groups excluding carboxylic acids is 1. The van der Waals surface area contributed by atoms with Crippen molar-refractivity contribution < 1.29 is 14.7 Å². The van der Waals surface area contributed by atoms with Gasteiger partial charge < -0.3 is 5.11 Å². The Hall–Kier alpha value is -1.03. The summed E-state index contributed by atoms with van der Waals surface area (Å²) >= 11 is 0.751. The van der Waals surface area contributed by atoms with Crippen LogP contribution >= 0.6 is 11.8 Å². The summed E-state index contributed by atoms with van der Waals surface area (Å²) in [5, 5.41) is 8.25. The summed E-state index contributed by atoms with van der Waals surface area (Å²) in [4.78, 5) is 20.0. The number of hydrogen-bond acceptors (Lipinski definition) is 3. The van der Waals surface area contributed by atoms with Gasteiger partial charge >= 0.3 is 5.97 Å². The van der Waals surface area contributed by atoms with E-state index in [1.54, 1.807) is 0 Å². The molecule has 0 aliphatic rings. The minimum atomic E-state index is -1.13. The van der Waals surface area contributed by atoms with Gasteiger partial charge in [0.1, 0.15) is 0 Å². The molecule has 0 amide bonds. The predicted octanol–water partition coefficient (Wildman–Crippen LogP) is 1.03. The summed E-state index contributed by atoms with van der Waals surface area (Å²) in [6.45, 7) is 6.45. The molecule has 0 saturated heterocycles. The first-order chi connectivity index (χ1) is 4.57. The van der Waals surface area contributed by atoms with Crippen molar-refractivity contribution in [1.82, 2.24) is 0 Å². The van der Waals surface area contributed by atoms with Gasteiger partial charge in [0.15, 0.2) is 6.29 Å². The van der Waals surface area contributed by atoms with Crippen LogP contribution in [-0.2, 0) is 9.59 Å². The van der Waals surface area contributed by atoms with Gasteiger partial charge in [-0.3, -0.25) is 4.79 Å². The molecule has 0 aromatic carbocycles. The Morgan fingerprint density at radius 1 is 1.50 bits per heavy atom. The van der Waals surface area contributed by atoms with E-state index in [0.29, 0.717) is 6.29 Å². The summed E-state index contributed by atoms with van der Waals surface area (Å²) in [5.41, 5.74) is 0. The zero-order valence-electron chi connectivity index (χ0n) is 5.16. The molecule has 0 unspecified atom stereocenters. The normalized spacial score (nSPS) is 8.40. The highest BCUT2D eigenvalue weighted by atomic mass is 32.2. The lowest BCUT2D eigenvalue weighted by Crippen LogP contribution is -1.94. The number of carbonyl (C=O) groups is 2. The van der Waals surface area contributed by atoms with Gasteiger partial charge in [0.2, 0.25) is 0 Å². The van der Waals surface area contributed by atoms with Crippen molar-refractivity contribution >= 4 is 24.0 Å². The van der Waals surface area contributed by atoms with Gasteiger partial charge in [-0.05, 0) is 0 Å². The maximum atomic E-state index is 10.1. The van der Waals surface area contributed by atoms with Gasteiger partial charge in [0, 0.05) is 4.91 Å². The Kier molecular flexibility index (Phi) is 3.49. The van der Waals surface area contributed by atoms with E-state index >= 15 is 0 Å². The molecule has 3 nitrogen and oxygen atoms in total. The lowest BCUT2D eigenvalue weighted by atomic mass is 10.7. The number of carboxylic acids is 1. The molecule has 0 aromatic heterocycles. The van der Waals surface area contributed by atoms with E-state index in [-0.39, 0.29) is 9.81 Å². The summed E-state index contributed by atoms with van der Waals surface area (Å²) in [7, 11) is 0. The van der Waals surface area contributed by atoms with E-state index in [0.717, 1.165) is 11.8 Å². The van der Waals surface area contributed by atoms with E-state index in [2.05, 4.69) is 13.2 Å². The van der Waals surface area contributed by atoms with E-state index in [9.17, 15) is 9.59 Å². The van der Waals surface area contributed by atoms with Crippen molar-refractivity contribution in [1.29, 1.82) is 0 Å². The number of aliphatic carboxylic acids is 1. The summed E-state index contributed by atoms with van der Waals surface area (Å²) in [6.07, 6.45) is 0.485. The minimum Gasteiger partial charge on any atom is -0.477 e.